The van der Waals surface area contributed by atoms with E-state index in [1.54, 1.807) is 46.6 Å². The van der Waals surface area contributed by atoms with E-state index in [1.165, 1.54) is 6.26 Å². The summed E-state index contributed by atoms with van der Waals surface area (Å²) in [4.78, 5) is 4.16. The van der Waals surface area contributed by atoms with Gasteiger partial charge in [-0.05, 0) is 0 Å². The molecule has 2 rings (SSSR count). The van der Waals surface area contributed by atoms with Crippen LogP contribution in [0.2, 0.25) is 0 Å². The van der Waals surface area contributed by atoms with Crippen LogP contribution in [0.4, 0.5) is 5.69 Å². The van der Waals surface area contributed by atoms with Crippen molar-refractivity contribution in [1.82, 2.24) is 10.5 Å². The van der Waals surface area contributed by atoms with Gasteiger partial charge in [0, 0.05) is 30.9 Å². The van der Waals surface area contributed by atoms with Crippen LogP contribution in [-0.2, 0) is 6.54 Å². The van der Waals surface area contributed by atoms with Crippen LogP contribution < -0.4 is 24.8 Å². The number of hydrogen-bond donors (Lipinski definition) is 2. The van der Waals surface area contributed by atoms with Gasteiger partial charge in [0.1, 0.15) is 12.0 Å². The molecular formula is C15H20N4O4. The number of nitrogens with one attached hydrogen (secondary N) is 2. The van der Waals surface area contributed by atoms with Gasteiger partial charge in [0.25, 0.3) is 0 Å². The zero-order valence-corrected chi connectivity index (χ0v) is 13.5. The maximum atomic E-state index is 5.33. The Balaban J connectivity index is 2.13. The molecular weight excluding hydrogens is 300 g/mol. The van der Waals surface area contributed by atoms with Crippen LogP contribution in [0.15, 0.2) is 34.0 Å². The zero-order chi connectivity index (χ0) is 16.7. The highest BCUT2D eigenvalue weighted by Crippen LogP contribution is 2.39. The van der Waals surface area contributed by atoms with Crippen LogP contribution in [-0.4, -0.2) is 39.5 Å². The normalized spacial score (nSPS) is 11.0. The number of nitrogens with zero attached hydrogens (tertiary/aromatic N) is 2. The van der Waals surface area contributed by atoms with E-state index in [0.717, 1.165) is 11.4 Å². The minimum atomic E-state index is 0.487. The van der Waals surface area contributed by atoms with Gasteiger partial charge in [-0.2, -0.15) is 0 Å². The van der Waals surface area contributed by atoms with E-state index in [1.807, 2.05) is 0 Å². The molecule has 8 heteroatoms. The molecule has 1 aromatic heterocycles. The highest BCUT2D eigenvalue weighted by atomic mass is 16.5. The van der Waals surface area contributed by atoms with Gasteiger partial charge in [0.15, 0.2) is 17.5 Å². The van der Waals surface area contributed by atoms with E-state index in [0.29, 0.717) is 29.8 Å². The van der Waals surface area contributed by atoms with E-state index in [2.05, 4.69) is 20.8 Å². The molecule has 124 valence electrons. The minimum Gasteiger partial charge on any atom is -0.493 e. The van der Waals surface area contributed by atoms with Crippen LogP contribution in [0, 0.1) is 0 Å². The fourth-order valence-electron chi connectivity index (χ4n) is 1.97. The lowest BCUT2D eigenvalue weighted by Crippen LogP contribution is -2.30. The second-order valence-corrected chi connectivity index (χ2v) is 4.46. The Labute approximate surface area is 134 Å². The van der Waals surface area contributed by atoms with Crippen LogP contribution in [0.25, 0.3) is 0 Å². The molecule has 0 saturated carbocycles. The van der Waals surface area contributed by atoms with E-state index < -0.39 is 0 Å². The second-order valence-electron chi connectivity index (χ2n) is 4.46. The summed E-state index contributed by atoms with van der Waals surface area (Å²) in [7, 11) is 6.37. The predicted octanol–water partition coefficient (Wildman–Crippen LogP) is 1.89. The summed E-state index contributed by atoms with van der Waals surface area (Å²) in [6, 6.07) is 5.37. The Kier molecular flexibility index (Phi) is 5.67. The van der Waals surface area contributed by atoms with Crippen molar-refractivity contribution in [3.63, 3.8) is 0 Å². The van der Waals surface area contributed by atoms with Gasteiger partial charge in [-0.3, -0.25) is 4.99 Å². The minimum absolute atomic E-state index is 0.487. The lowest BCUT2D eigenvalue weighted by Gasteiger charge is -2.16. The van der Waals surface area contributed by atoms with Crippen molar-refractivity contribution in [2.75, 3.05) is 33.7 Å². The molecule has 0 atom stereocenters. The second kappa shape index (κ2) is 7.92. The number of hydrogen-bond acceptors (Lipinski definition) is 6. The van der Waals surface area contributed by atoms with Crippen molar-refractivity contribution in [1.29, 1.82) is 0 Å². The summed E-state index contributed by atoms with van der Waals surface area (Å²) in [6.07, 6.45) is 1.52. The fraction of sp³-hybridized carbons (Fsp3) is 0.333. The molecule has 0 aliphatic rings. The van der Waals surface area contributed by atoms with Crippen molar-refractivity contribution in [2.24, 2.45) is 4.99 Å². The molecule has 0 unspecified atom stereocenters. The Morgan fingerprint density at radius 1 is 1.17 bits per heavy atom. The third-order valence-electron chi connectivity index (χ3n) is 3.08. The molecule has 0 aliphatic carbocycles. The molecule has 0 fully saturated rings. The Morgan fingerprint density at radius 3 is 2.35 bits per heavy atom. The highest BCUT2D eigenvalue weighted by molar-refractivity contribution is 5.94. The molecule has 0 saturated heterocycles. The number of methoxy groups -OCH3 is 3. The molecule has 0 spiro atoms. The van der Waals surface area contributed by atoms with E-state index in [-0.39, 0.29) is 0 Å². The van der Waals surface area contributed by atoms with Crippen molar-refractivity contribution in [2.45, 2.75) is 6.54 Å². The largest absolute Gasteiger partial charge is 0.493 e. The van der Waals surface area contributed by atoms with Gasteiger partial charge in [-0.15, -0.1) is 0 Å². The quantitative estimate of drug-likeness (QED) is 0.620. The molecule has 0 bridgehead atoms. The fourth-order valence-corrected chi connectivity index (χ4v) is 1.97. The number of rotatable bonds is 6. The van der Waals surface area contributed by atoms with Gasteiger partial charge in [0.05, 0.1) is 27.9 Å². The third-order valence-corrected chi connectivity index (χ3v) is 3.08. The van der Waals surface area contributed by atoms with Gasteiger partial charge >= 0.3 is 0 Å². The van der Waals surface area contributed by atoms with Gasteiger partial charge in [-0.1, -0.05) is 5.16 Å². The Morgan fingerprint density at radius 2 is 1.87 bits per heavy atom. The summed E-state index contributed by atoms with van der Waals surface area (Å²) in [5, 5.41) is 10.1. The molecule has 0 amide bonds. The van der Waals surface area contributed by atoms with Crippen molar-refractivity contribution >= 4 is 11.6 Å². The molecule has 23 heavy (non-hydrogen) atoms. The average Bonchev–Trinajstić information content (AvgIpc) is 3.10. The van der Waals surface area contributed by atoms with Crippen LogP contribution in [0.5, 0.6) is 17.2 Å². The number of aromatic nitrogens is 1. The standard InChI is InChI=1S/C15H20N4O4/c1-16-15(17-9-10-5-6-23-19-10)18-11-7-12(20-2)14(22-4)13(8-11)21-3/h5-8H,9H2,1-4H3,(H2,16,17,18). The average molecular weight is 320 g/mol. The first-order valence-electron chi connectivity index (χ1n) is 6.88. The zero-order valence-electron chi connectivity index (χ0n) is 13.5. The van der Waals surface area contributed by atoms with Crippen LogP contribution >= 0.6 is 0 Å². The molecule has 1 heterocycles. The maximum Gasteiger partial charge on any atom is 0.203 e. The number of anilines is 1. The predicted molar refractivity (Wildman–Crippen MR) is 86.4 cm³/mol. The topological polar surface area (TPSA) is 90.1 Å². The summed E-state index contributed by atoms with van der Waals surface area (Å²) >= 11 is 0. The lowest BCUT2D eigenvalue weighted by molar-refractivity contribution is 0.324. The van der Waals surface area contributed by atoms with E-state index in [9.17, 15) is 0 Å². The number of ether oxygens (including phenoxy) is 3. The van der Waals surface area contributed by atoms with Crippen LogP contribution in [0.3, 0.4) is 0 Å². The molecule has 0 aliphatic heterocycles. The maximum absolute atomic E-state index is 5.33. The van der Waals surface area contributed by atoms with Gasteiger partial charge in [0.2, 0.25) is 5.75 Å². The molecule has 2 N–H and O–H groups in total. The summed E-state index contributed by atoms with van der Waals surface area (Å²) < 4.78 is 20.7. The third kappa shape index (κ3) is 4.06. The Hall–Kier alpha value is -2.90. The molecule has 1 aromatic carbocycles. The Bertz CT molecular complexity index is 630. The first kappa shape index (κ1) is 16.5. The van der Waals surface area contributed by atoms with Crippen molar-refractivity contribution in [3.8, 4) is 17.2 Å². The SMILES string of the molecule is CN=C(NCc1ccon1)Nc1cc(OC)c(OC)c(OC)c1. The summed E-state index contributed by atoms with van der Waals surface area (Å²) in [5.41, 5.74) is 1.52. The van der Waals surface area contributed by atoms with Crippen molar-refractivity contribution < 1.29 is 18.7 Å². The smallest absolute Gasteiger partial charge is 0.203 e. The number of benzene rings is 1. The molecule has 8 nitrogen and oxygen atoms in total. The van der Waals surface area contributed by atoms with Crippen LogP contribution in [0.1, 0.15) is 5.69 Å². The summed E-state index contributed by atoms with van der Waals surface area (Å²) in [6.45, 7) is 0.487. The first-order chi connectivity index (χ1) is 11.2. The van der Waals surface area contributed by atoms with E-state index in [4.69, 9.17) is 18.7 Å². The lowest BCUT2D eigenvalue weighted by atomic mass is 10.2. The molecule has 2 aromatic rings. The monoisotopic (exact) mass is 320 g/mol. The van der Waals surface area contributed by atoms with E-state index >= 15 is 0 Å². The first-order valence-corrected chi connectivity index (χ1v) is 6.88. The van der Waals surface area contributed by atoms with Gasteiger partial charge < -0.3 is 29.4 Å². The highest BCUT2D eigenvalue weighted by Gasteiger charge is 2.14. The number of guanidine groups is 1. The summed E-state index contributed by atoms with van der Waals surface area (Å²) in [5.74, 6) is 2.22. The number of aliphatic imine (C=N–C) groups is 1. The molecule has 0 radical (unpaired) electrons. The van der Waals surface area contributed by atoms with Gasteiger partial charge in [-0.25, -0.2) is 0 Å². The van der Waals surface area contributed by atoms with Crippen molar-refractivity contribution in [3.05, 3.63) is 30.2 Å².